The smallest absolute Gasteiger partial charge is 0.238 e. The third kappa shape index (κ3) is 3.01. The fourth-order valence-corrected chi connectivity index (χ4v) is 3.43. The quantitative estimate of drug-likeness (QED) is 0.437. The molecule has 8 nitrogen and oxygen atoms in total. The normalized spacial score (nSPS) is 12.6. The molecule has 1 N–H and O–H groups in total. The molecule has 1 atom stereocenters. The first-order chi connectivity index (χ1) is 12.5. The van der Waals surface area contributed by atoms with E-state index in [-0.39, 0.29) is 5.91 Å². The summed E-state index contributed by atoms with van der Waals surface area (Å²) in [4.78, 5) is 21.6. The summed E-state index contributed by atoms with van der Waals surface area (Å²) in [6.45, 7) is 5.41. The molecule has 26 heavy (non-hydrogen) atoms. The molecule has 0 saturated carbocycles. The molecule has 9 heteroatoms. The summed E-state index contributed by atoms with van der Waals surface area (Å²) in [5, 5.41) is 12.1. The van der Waals surface area contributed by atoms with Crippen molar-refractivity contribution >= 4 is 40.0 Å². The summed E-state index contributed by atoms with van der Waals surface area (Å²) in [6.07, 6.45) is 0. The number of fused-ring (bicyclic) bond motifs is 3. The first kappa shape index (κ1) is 16.5. The van der Waals surface area contributed by atoms with Crippen LogP contribution in [0.3, 0.4) is 0 Å². The van der Waals surface area contributed by atoms with Crippen molar-refractivity contribution in [3.8, 4) is 0 Å². The SMILES string of the molecule is Cc1nc2c3ccccc3nc(S[C@H](C)C(=O)Nc3cc(C)on3)n2n1. The van der Waals surface area contributed by atoms with Gasteiger partial charge in [0, 0.05) is 11.5 Å². The molecule has 0 radical (unpaired) electrons. The van der Waals surface area contributed by atoms with Crippen molar-refractivity contribution in [3.05, 3.63) is 41.9 Å². The average Bonchev–Trinajstić information content (AvgIpc) is 3.20. The van der Waals surface area contributed by atoms with Gasteiger partial charge in [-0.1, -0.05) is 29.1 Å². The summed E-state index contributed by atoms with van der Waals surface area (Å²) in [7, 11) is 0. The Morgan fingerprint density at radius 1 is 1.27 bits per heavy atom. The standard InChI is InChI=1S/C17H16N6O2S/c1-9-8-14(22-25-9)20-16(24)10(2)26-17-19-13-7-5-4-6-12(13)15-18-11(3)21-23(15)17/h4-8,10H,1-3H3,(H,20,22,24)/t10-/m1/s1. The van der Waals surface area contributed by atoms with Crippen LogP contribution in [-0.2, 0) is 4.79 Å². The minimum atomic E-state index is -0.409. The van der Waals surface area contributed by atoms with Crippen molar-refractivity contribution in [1.82, 2.24) is 24.7 Å². The first-order valence-electron chi connectivity index (χ1n) is 8.04. The van der Waals surface area contributed by atoms with Crippen LogP contribution in [0.1, 0.15) is 18.5 Å². The number of benzene rings is 1. The number of hydrogen-bond donors (Lipinski definition) is 1. The Bertz CT molecular complexity index is 1120. The monoisotopic (exact) mass is 368 g/mol. The summed E-state index contributed by atoms with van der Waals surface area (Å²) in [5.41, 5.74) is 1.55. The van der Waals surface area contributed by atoms with Crippen molar-refractivity contribution in [2.24, 2.45) is 0 Å². The van der Waals surface area contributed by atoms with Crippen LogP contribution in [0.2, 0.25) is 0 Å². The minimum Gasteiger partial charge on any atom is -0.360 e. The number of hydrogen-bond acceptors (Lipinski definition) is 7. The van der Waals surface area contributed by atoms with Crippen LogP contribution in [0, 0.1) is 13.8 Å². The molecule has 1 aromatic carbocycles. The van der Waals surface area contributed by atoms with E-state index in [1.165, 1.54) is 11.8 Å². The van der Waals surface area contributed by atoms with E-state index in [0.717, 1.165) is 16.6 Å². The molecule has 0 aliphatic heterocycles. The van der Waals surface area contributed by atoms with E-state index in [9.17, 15) is 4.79 Å². The molecule has 4 aromatic rings. The van der Waals surface area contributed by atoms with E-state index >= 15 is 0 Å². The Hall–Kier alpha value is -2.94. The second-order valence-corrected chi connectivity index (χ2v) is 7.19. The van der Waals surface area contributed by atoms with E-state index in [4.69, 9.17) is 4.52 Å². The summed E-state index contributed by atoms with van der Waals surface area (Å²) >= 11 is 1.31. The van der Waals surface area contributed by atoms with Gasteiger partial charge >= 0.3 is 0 Å². The third-order valence-corrected chi connectivity index (χ3v) is 4.83. The maximum Gasteiger partial charge on any atom is 0.238 e. The number of nitrogens with one attached hydrogen (secondary N) is 1. The number of carbonyl (C=O) groups excluding carboxylic acids is 1. The molecule has 3 aromatic heterocycles. The lowest BCUT2D eigenvalue weighted by molar-refractivity contribution is -0.115. The molecular weight excluding hydrogens is 352 g/mol. The molecule has 0 spiro atoms. The van der Waals surface area contributed by atoms with Gasteiger partial charge in [-0.2, -0.15) is 4.52 Å². The number of carbonyl (C=O) groups is 1. The number of aryl methyl sites for hydroxylation is 2. The van der Waals surface area contributed by atoms with Gasteiger partial charge in [-0.05, 0) is 32.9 Å². The van der Waals surface area contributed by atoms with Crippen molar-refractivity contribution in [2.75, 3.05) is 5.32 Å². The average molecular weight is 368 g/mol. The van der Waals surface area contributed by atoms with Crippen LogP contribution in [0.15, 0.2) is 40.0 Å². The molecule has 0 bridgehead atoms. The molecule has 132 valence electrons. The second kappa shape index (κ2) is 6.41. The minimum absolute atomic E-state index is 0.191. The largest absolute Gasteiger partial charge is 0.360 e. The molecular formula is C17H16N6O2S. The van der Waals surface area contributed by atoms with Crippen molar-refractivity contribution < 1.29 is 9.32 Å². The Kier molecular flexibility index (Phi) is 4.08. The molecule has 1 amide bonds. The summed E-state index contributed by atoms with van der Waals surface area (Å²) < 4.78 is 6.65. The van der Waals surface area contributed by atoms with Crippen LogP contribution in [0.25, 0.3) is 16.6 Å². The third-order valence-electron chi connectivity index (χ3n) is 3.79. The molecule has 0 aliphatic carbocycles. The molecule has 0 fully saturated rings. The second-order valence-electron chi connectivity index (χ2n) is 5.88. The Morgan fingerprint density at radius 3 is 2.85 bits per heavy atom. The van der Waals surface area contributed by atoms with Gasteiger partial charge in [0.05, 0.1) is 10.8 Å². The van der Waals surface area contributed by atoms with Crippen LogP contribution >= 0.6 is 11.8 Å². The van der Waals surface area contributed by atoms with Crippen LogP contribution in [0.5, 0.6) is 0 Å². The number of anilines is 1. The zero-order valence-corrected chi connectivity index (χ0v) is 15.2. The highest BCUT2D eigenvalue weighted by molar-refractivity contribution is 8.00. The highest BCUT2D eigenvalue weighted by Gasteiger charge is 2.20. The highest BCUT2D eigenvalue weighted by atomic mass is 32.2. The predicted octanol–water partition coefficient (Wildman–Crippen LogP) is 3.00. The van der Waals surface area contributed by atoms with Crippen LogP contribution in [-0.4, -0.2) is 35.9 Å². The van der Waals surface area contributed by atoms with Gasteiger partial charge in [-0.25, -0.2) is 9.97 Å². The number of para-hydroxylation sites is 1. The molecule has 3 heterocycles. The van der Waals surface area contributed by atoms with Gasteiger partial charge in [-0.15, -0.1) is 5.10 Å². The van der Waals surface area contributed by atoms with Gasteiger partial charge < -0.3 is 9.84 Å². The van der Waals surface area contributed by atoms with Crippen LogP contribution in [0.4, 0.5) is 5.82 Å². The molecule has 4 rings (SSSR count). The highest BCUT2D eigenvalue weighted by Crippen LogP contribution is 2.27. The number of aromatic nitrogens is 5. The topological polar surface area (TPSA) is 98.2 Å². The van der Waals surface area contributed by atoms with Gasteiger partial charge in [0.15, 0.2) is 16.6 Å². The lowest BCUT2D eigenvalue weighted by Crippen LogP contribution is -2.23. The lowest BCUT2D eigenvalue weighted by atomic mass is 10.2. The summed E-state index contributed by atoms with van der Waals surface area (Å²) in [5.74, 6) is 1.49. The van der Waals surface area contributed by atoms with Gasteiger partial charge in [0.25, 0.3) is 0 Å². The molecule has 0 saturated heterocycles. The zero-order chi connectivity index (χ0) is 18.3. The van der Waals surface area contributed by atoms with Gasteiger partial charge in [0.2, 0.25) is 5.91 Å². The number of amides is 1. The Morgan fingerprint density at radius 2 is 2.08 bits per heavy atom. The van der Waals surface area contributed by atoms with Crippen molar-refractivity contribution in [1.29, 1.82) is 0 Å². The Balaban J connectivity index is 1.66. The van der Waals surface area contributed by atoms with E-state index in [2.05, 4.69) is 25.5 Å². The number of rotatable bonds is 4. The van der Waals surface area contributed by atoms with E-state index in [1.807, 2.05) is 31.2 Å². The van der Waals surface area contributed by atoms with E-state index in [1.54, 1.807) is 24.4 Å². The maximum absolute atomic E-state index is 12.4. The fourth-order valence-electron chi connectivity index (χ4n) is 2.57. The molecule has 0 unspecified atom stereocenters. The lowest BCUT2D eigenvalue weighted by Gasteiger charge is -2.11. The fraction of sp³-hybridized carbons (Fsp3) is 0.235. The number of thioether (sulfide) groups is 1. The first-order valence-corrected chi connectivity index (χ1v) is 8.92. The van der Waals surface area contributed by atoms with Crippen LogP contribution < -0.4 is 5.32 Å². The van der Waals surface area contributed by atoms with Gasteiger partial charge in [-0.3, -0.25) is 4.79 Å². The Labute approximate surface area is 153 Å². The van der Waals surface area contributed by atoms with Crippen molar-refractivity contribution in [2.45, 2.75) is 31.2 Å². The number of nitrogens with zero attached hydrogens (tertiary/aromatic N) is 5. The van der Waals surface area contributed by atoms with Crippen molar-refractivity contribution in [3.63, 3.8) is 0 Å². The zero-order valence-electron chi connectivity index (χ0n) is 14.4. The summed E-state index contributed by atoms with van der Waals surface area (Å²) in [6, 6.07) is 9.42. The van der Waals surface area contributed by atoms with E-state index < -0.39 is 5.25 Å². The molecule has 0 aliphatic rings. The van der Waals surface area contributed by atoms with E-state index in [0.29, 0.717) is 22.6 Å². The predicted molar refractivity (Wildman–Crippen MR) is 98.2 cm³/mol. The maximum atomic E-state index is 12.4. The van der Waals surface area contributed by atoms with Gasteiger partial charge in [0.1, 0.15) is 11.6 Å².